The Morgan fingerprint density at radius 2 is 1.70 bits per heavy atom. The highest BCUT2D eigenvalue weighted by Gasteiger charge is 2.11. The molecule has 27 heavy (non-hydrogen) atoms. The Hall–Kier alpha value is -2.31. The first kappa shape index (κ1) is 21.0. The van der Waals surface area contributed by atoms with E-state index in [4.69, 9.17) is 4.74 Å². The van der Waals surface area contributed by atoms with Crippen LogP contribution in [0.15, 0.2) is 53.4 Å². The summed E-state index contributed by atoms with van der Waals surface area (Å²) in [6.07, 6.45) is 1.88. The molecule has 0 aromatic heterocycles. The first-order valence-electron chi connectivity index (χ1n) is 8.79. The van der Waals surface area contributed by atoms with Crippen molar-refractivity contribution in [2.24, 2.45) is 0 Å². The minimum absolute atomic E-state index is 0.101. The number of rotatable bonds is 8. The van der Waals surface area contributed by atoms with E-state index in [9.17, 15) is 9.59 Å². The average Bonchev–Trinajstić information content (AvgIpc) is 2.62. The first-order valence-corrected chi connectivity index (χ1v) is 10.0. The van der Waals surface area contributed by atoms with Crippen LogP contribution < -0.4 is 5.32 Å². The molecule has 0 aliphatic carbocycles. The Kier molecular flexibility index (Phi) is 7.88. The molecule has 0 unspecified atom stereocenters. The van der Waals surface area contributed by atoms with Gasteiger partial charge >= 0.3 is 5.97 Å². The minimum atomic E-state index is -0.366. The molecule has 0 saturated heterocycles. The summed E-state index contributed by atoms with van der Waals surface area (Å²) in [5, 5.41) is 2.85. The third kappa shape index (κ3) is 7.07. The zero-order chi connectivity index (χ0) is 19.8. The van der Waals surface area contributed by atoms with Gasteiger partial charge in [-0.25, -0.2) is 4.79 Å². The van der Waals surface area contributed by atoms with Gasteiger partial charge in [0, 0.05) is 17.1 Å². The number of nitrogens with zero attached hydrogens (tertiary/aromatic N) is 1. The van der Waals surface area contributed by atoms with Gasteiger partial charge in [-0.05, 0) is 69.1 Å². The summed E-state index contributed by atoms with van der Waals surface area (Å²) in [6.45, 7) is 4.59. The fourth-order valence-electron chi connectivity index (χ4n) is 2.52. The molecule has 0 atom stereocenters. The van der Waals surface area contributed by atoms with Gasteiger partial charge < -0.3 is 10.1 Å². The van der Waals surface area contributed by atoms with Crippen molar-refractivity contribution in [3.05, 3.63) is 59.7 Å². The zero-order valence-electron chi connectivity index (χ0n) is 16.2. The predicted molar refractivity (Wildman–Crippen MR) is 110 cm³/mol. The Bertz CT molecular complexity index is 758. The lowest BCUT2D eigenvalue weighted by molar-refractivity contribution is -0.117. The average molecular weight is 387 g/mol. The van der Waals surface area contributed by atoms with Gasteiger partial charge in [0.2, 0.25) is 5.91 Å². The number of benzene rings is 2. The highest BCUT2D eigenvalue weighted by Crippen LogP contribution is 2.16. The van der Waals surface area contributed by atoms with Crippen molar-refractivity contribution >= 4 is 29.3 Å². The normalized spacial score (nSPS) is 10.9. The summed E-state index contributed by atoms with van der Waals surface area (Å²) < 4.78 is 5.15. The number of hydrogen-bond acceptors (Lipinski definition) is 5. The summed E-state index contributed by atoms with van der Waals surface area (Å²) in [7, 11) is 1.91. The van der Waals surface area contributed by atoms with E-state index >= 15 is 0 Å². The van der Waals surface area contributed by atoms with E-state index in [0.717, 1.165) is 5.56 Å². The van der Waals surface area contributed by atoms with Gasteiger partial charge in [0.25, 0.3) is 0 Å². The Morgan fingerprint density at radius 1 is 1.07 bits per heavy atom. The third-order valence-electron chi connectivity index (χ3n) is 3.77. The molecule has 1 amide bonds. The molecule has 2 aromatic rings. The van der Waals surface area contributed by atoms with Gasteiger partial charge in [0.05, 0.1) is 18.2 Å². The van der Waals surface area contributed by atoms with Gasteiger partial charge in [-0.3, -0.25) is 9.69 Å². The van der Waals surface area contributed by atoms with Crippen LogP contribution in [0.4, 0.5) is 5.69 Å². The van der Waals surface area contributed by atoms with Crippen molar-refractivity contribution < 1.29 is 14.3 Å². The maximum Gasteiger partial charge on any atom is 0.338 e. The summed E-state index contributed by atoms with van der Waals surface area (Å²) in [5.74, 6) is -0.467. The second kappa shape index (κ2) is 10.1. The molecule has 144 valence electrons. The number of thioether (sulfide) groups is 1. The van der Waals surface area contributed by atoms with E-state index in [2.05, 4.69) is 29.6 Å². The molecule has 0 fully saturated rings. The second-order valence-corrected chi connectivity index (χ2v) is 7.48. The van der Waals surface area contributed by atoms with Crippen LogP contribution in [0.2, 0.25) is 0 Å². The number of ether oxygens (including phenoxy) is 1. The van der Waals surface area contributed by atoms with Crippen LogP contribution in [0.1, 0.15) is 29.8 Å². The molecule has 0 bridgehead atoms. The fourth-order valence-corrected chi connectivity index (χ4v) is 2.92. The van der Waals surface area contributed by atoms with E-state index < -0.39 is 0 Å². The summed E-state index contributed by atoms with van der Waals surface area (Å²) >= 11 is 1.71. The standard InChI is InChI=1S/C21H26N2O3S/c1-15(2)26-21(25)17-7-9-18(10-8-17)22-20(24)14-23(3)13-16-5-11-19(27-4)12-6-16/h5-12,15H,13-14H2,1-4H3,(H,22,24). The molecule has 6 heteroatoms. The van der Waals surface area contributed by atoms with Crippen LogP contribution in [0.3, 0.4) is 0 Å². The van der Waals surface area contributed by atoms with Crippen LogP contribution in [0.25, 0.3) is 0 Å². The van der Waals surface area contributed by atoms with Gasteiger partial charge in [-0.15, -0.1) is 11.8 Å². The molecule has 0 radical (unpaired) electrons. The van der Waals surface area contributed by atoms with Crippen molar-refractivity contribution in [2.45, 2.75) is 31.4 Å². The maximum atomic E-state index is 12.2. The number of carbonyl (C=O) groups is 2. The number of carbonyl (C=O) groups excluding carboxylic acids is 2. The highest BCUT2D eigenvalue weighted by molar-refractivity contribution is 7.98. The van der Waals surface area contributed by atoms with Crippen LogP contribution in [-0.4, -0.2) is 42.7 Å². The van der Waals surface area contributed by atoms with Gasteiger partial charge in [-0.1, -0.05) is 12.1 Å². The second-order valence-electron chi connectivity index (χ2n) is 6.60. The van der Waals surface area contributed by atoms with E-state index in [0.29, 0.717) is 17.8 Å². The topological polar surface area (TPSA) is 58.6 Å². The van der Waals surface area contributed by atoms with E-state index in [-0.39, 0.29) is 24.5 Å². The van der Waals surface area contributed by atoms with E-state index in [1.54, 1.807) is 49.9 Å². The summed E-state index contributed by atoms with van der Waals surface area (Å²) in [4.78, 5) is 27.2. The zero-order valence-corrected chi connectivity index (χ0v) is 17.0. The lowest BCUT2D eigenvalue weighted by Crippen LogP contribution is -2.29. The molecular formula is C21H26N2O3S. The number of likely N-dealkylation sites (N-methyl/N-ethyl adjacent to an activating group) is 1. The number of hydrogen-bond donors (Lipinski definition) is 1. The van der Waals surface area contributed by atoms with Crippen molar-refractivity contribution in [2.75, 3.05) is 25.2 Å². The number of amides is 1. The Balaban J connectivity index is 1.84. The number of nitrogens with one attached hydrogen (secondary N) is 1. The van der Waals surface area contributed by atoms with Crippen LogP contribution in [-0.2, 0) is 16.1 Å². The van der Waals surface area contributed by atoms with Gasteiger partial charge in [0.15, 0.2) is 0 Å². The summed E-state index contributed by atoms with van der Waals surface area (Å²) in [6, 6.07) is 15.0. The van der Waals surface area contributed by atoms with Gasteiger partial charge in [-0.2, -0.15) is 0 Å². The molecule has 2 rings (SSSR count). The SMILES string of the molecule is CSc1ccc(CN(C)CC(=O)Nc2ccc(C(=O)OC(C)C)cc2)cc1. The monoisotopic (exact) mass is 386 g/mol. The lowest BCUT2D eigenvalue weighted by atomic mass is 10.2. The quantitative estimate of drug-likeness (QED) is 0.548. The number of anilines is 1. The first-order chi connectivity index (χ1) is 12.9. The molecular weight excluding hydrogens is 360 g/mol. The molecule has 0 aliphatic heterocycles. The Labute approximate surface area is 165 Å². The number of esters is 1. The lowest BCUT2D eigenvalue weighted by Gasteiger charge is -2.16. The molecule has 0 spiro atoms. The van der Waals surface area contributed by atoms with E-state index in [1.807, 2.05) is 18.2 Å². The third-order valence-corrected chi connectivity index (χ3v) is 4.52. The van der Waals surface area contributed by atoms with E-state index in [1.165, 1.54) is 4.90 Å². The minimum Gasteiger partial charge on any atom is -0.459 e. The van der Waals surface area contributed by atoms with Crippen molar-refractivity contribution in [3.8, 4) is 0 Å². The van der Waals surface area contributed by atoms with Crippen molar-refractivity contribution in [3.63, 3.8) is 0 Å². The van der Waals surface area contributed by atoms with Crippen molar-refractivity contribution in [1.29, 1.82) is 0 Å². The predicted octanol–water partition coefficient (Wildman–Crippen LogP) is 4.04. The molecule has 0 heterocycles. The molecule has 5 nitrogen and oxygen atoms in total. The molecule has 2 aromatic carbocycles. The van der Waals surface area contributed by atoms with Crippen LogP contribution >= 0.6 is 11.8 Å². The fraction of sp³-hybridized carbons (Fsp3) is 0.333. The van der Waals surface area contributed by atoms with Crippen LogP contribution in [0, 0.1) is 0 Å². The summed E-state index contributed by atoms with van der Waals surface area (Å²) in [5.41, 5.74) is 2.28. The van der Waals surface area contributed by atoms with Crippen molar-refractivity contribution in [1.82, 2.24) is 4.90 Å². The molecule has 1 N–H and O–H groups in total. The Morgan fingerprint density at radius 3 is 2.26 bits per heavy atom. The van der Waals surface area contributed by atoms with Gasteiger partial charge in [0.1, 0.15) is 0 Å². The smallest absolute Gasteiger partial charge is 0.338 e. The molecule has 0 saturated carbocycles. The maximum absolute atomic E-state index is 12.2. The molecule has 0 aliphatic rings. The largest absolute Gasteiger partial charge is 0.459 e. The van der Waals surface area contributed by atoms with Crippen LogP contribution in [0.5, 0.6) is 0 Å². The highest BCUT2D eigenvalue weighted by atomic mass is 32.2.